The maximum absolute atomic E-state index is 10.6. The molecular weight excluding hydrogens is 222 g/mol. The summed E-state index contributed by atoms with van der Waals surface area (Å²) in [6, 6.07) is 0. The topological polar surface area (TPSA) is 75.6 Å². The monoisotopic (exact) mass is 237 g/mol. The van der Waals surface area contributed by atoms with Gasteiger partial charge < -0.3 is 14.7 Å². The van der Waals surface area contributed by atoms with Gasteiger partial charge in [-0.2, -0.15) is 0 Å². The lowest BCUT2D eigenvalue weighted by molar-refractivity contribution is -0.135. The molecule has 0 unspecified atom stereocenters. The van der Waals surface area contributed by atoms with Crippen molar-refractivity contribution in [3.05, 3.63) is 17.0 Å². The van der Waals surface area contributed by atoms with Crippen molar-refractivity contribution in [1.82, 2.24) is 9.97 Å². The quantitative estimate of drug-likeness (QED) is 0.819. The van der Waals surface area contributed by atoms with Crippen LogP contribution in [-0.4, -0.2) is 41.2 Å². The van der Waals surface area contributed by atoms with Crippen LogP contribution in [0.1, 0.15) is 17.0 Å². The van der Waals surface area contributed by atoms with E-state index in [0.717, 1.165) is 23.4 Å². The van der Waals surface area contributed by atoms with E-state index in [1.54, 1.807) is 7.05 Å². The number of likely N-dealkylation sites (N-methyl/N-ethyl adjacent to an activating group) is 1. The Labute approximate surface area is 99.2 Å². The number of carbonyl (C=O) groups is 1. The Morgan fingerprint density at radius 3 is 3.00 bits per heavy atom. The fraction of sp³-hybridized carbons (Fsp3) is 0.545. The molecule has 0 saturated heterocycles. The van der Waals surface area contributed by atoms with Crippen LogP contribution in [0.5, 0.6) is 0 Å². The molecule has 92 valence electrons. The highest BCUT2D eigenvalue weighted by atomic mass is 16.5. The Bertz CT molecular complexity index is 448. The molecule has 1 aromatic rings. The fourth-order valence-corrected chi connectivity index (χ4v) is 1.82. The van der Waals surface area contributed by atoms with Gasteiger partial charge >= 0.3 is 5.97 Å². The third-order valence-corrected chi connectivity index (χ3v) is 2.73. The summed E-state index contributed by atoms with van der Waals surface area (Å²) in [5, 5.41) is 8.74. The standard InChI is InChI=1S/C11H15N3O3/c1-7-8-6-17-4-3-9(8)13-11(12-7)14(2)5-10(15)16/h3-6H2,1-2H3,(H,15,16). The molecule has 2 heterocycles. The Kier molecular flexibility index (Phi) is 3.23. The van der Waals surface area contributed by atoms with E-state index in [1.165, 1.54) is 4.90 Å². The number of hydrogen-bond donors (Lipinski definition) is 1. The largest absolute Gasteiger partial charge is 0.480 e. The maximum atomic E-state index is 10.6. The molecule has 0 saturated carbocycles. The molecule has 0 spiro atoms. The van der Waals surface area contributed by atoms with E-state index >= 15 is 0 Å². The minimum atomic E-state index is -0.894. The molecular formula is C11H15N3O3. The van der Waals surface area contributed by atoms with Crippen LogP contribution >= 0.6 is 0 Å². The lowest BCUT2D eigenvalue weighted by Gasteiger charge is -2.21. The van der Waals surface area contributed by atoms with E-state index in [2.05, 4.69) is 9.97 Å². The molecule has 1 aromatic heterocycles. The Hall–Kier alpha value is -1.69. The van der Waals surface area contributed by atoms with Gasteiger partial charge in [-0.05, 0) is 6.92 Å². The molecule has 0 radical (unpaired) electrons. The van der Waals surface area contributed by atoms with Crippen molar-refractivity contribution in [2.45, 2.75) is 20.0 Å². The number of nitrogens with zero attached hydrogens (tertiary/aromatic N) is 3. The molecule has 0 amide bonds. The van der Waals surface area contributed by atoms with Gasteiger partial charge in [0, 0.05) is 24.7 Å². The number of anilines is 1. The number of rotatable bonds is 3. The van der Waals surface area contributed by atoms with Crippen molar-refractivity contribution < 1.29 is 14.6 Å². The van der Waals surface area contributed by atoms with Gasteiger partial charge in [-0.1, -0.05) is 0 Å². The predicted octanol–water partition coefficient (Wildman–Crippen LogP) is 0.379. The fourth-order valence-electron chi connectivity index (χ4n) is 1.82. The minimum absolute atomic E-state index is 0.102. The van der Waals surface area contributed by atoms with Crippen LogP contribution in [0, 0.1) is 6.92 Å². The van der Waals surface area contributed by atoms with Crippen LogP contribution in [0.3, 0.4) is 0 Å². The van der Waals surface area contributed by atoms with Crippen molar-refractivity contribution in [2.75, 3.05) is 25.1 Å². The highest BCUT2D eigenvalue weighted by Crippen LogP contribution is 2.20. The molecule has 6 nitrogen and oxygen atoms in total. The van der Waals surface area contributed by atoms with Crippen LogP contribution < -0.4 is 4.90 Å². The van der Waals surface area contributed by atoms with Gasteiger partial charge in [0.2, 0.25) is 5.95 Å². The molecule has 1 aliphatic heterocycles. The van der Waals surface area contributed by atoms with Gasteiger partial charge in [0.05, 0.1) is 18.9 Å². The van der Waals surface area contributed by atoms with Crippen molar-refractivity contribution in [3.8, 4) is 0 Å². The molecule has 17 heavy (non-hydrogen) atoms. The third-order valence-electron chi connectivity index (χ3n) is 2.73. The van der Waals surface area contributed by atoms with Crippen LogP contribution in [0.15, 0.2) is 0 Å². The number of aliphatic carboxylic acids is 1. The first-order chi connectivity index (χ1) is 8.08. The first-order valence-corrected chi connectivity index (χ1v) is 5.45. The third kappa shape index (κ3) is 2.52. The van der Waals surface area contributed by atoms with Gasteiger partial charge in [-0.3, -0.25) is 4.79 Å². The zero-order chi connectivity index (χ0) is 12.4. The lowest BCUT2D eigenvalue weighted by Crippen LogP contribution is -2.28. The van der Waals surface area contributed by atoms with Gasteiger partial charge in [-0.15, -0.1) is 0 Å². The highest BCUT2D eigenvalue weighted by Gasteiger charge is 2.18. The van der Waals surface area contributed by atoms with Crippen LogP contribution in [-0.2, 0) is 22.6 Å². The molecule has 0 atom stereocenters. The van der Waals surface area contributed by atoms with E-state index in [-0.39, 0.29) is 6.54 Å². The minimum Gasteiger partial charge on any atom is -0.480 e. The molecule has 1 aliphatic rings. The first-order valence-electron chi connectivity index (χ1n) is 5.45. The van der Waals surface area contributed by atoms with Gasteiger partial charge in [0.25, 0.3) is 0 Å². The van der Waals surface area contributed by atoms with Gasteiger partial charge in [0.1, 0.15) is 6.54 Å². The smallest absolute Gasteiger partial charge is 0.323 e. The summed E-state index contributed by atoms with van der Waals surface area (Å²) in [4.78, 5) is 20.9. The molecule has 6 heteroatoms. The SMILES string of the molecule is Cc1nc(N(C)CC(=O)O)nc2c1COCC2. The van der Waals surface area contributed by atoms with Crippen molar-refractivity contribution >= 4 is 11.9 Å². The number of ether oxygens (including phenoxy) is 1. The average Bonchev–Trinajstić information content (AvgIpc) is 2.28. The molecule has 1 N–H and O–H groups in total. The normalized spacial score (nSPS) is 14.2. The summed E-state index contributed by atoms with van der Waals surface area (Å²) in [7, 11) is 1.68. The van der Waals surface area contributed by atoms with Gasteiger partial charge in [0.15, 0.2) is 0 Å². The number of carboxylic acids is 1. The van der Waals surface area contributed by atoms with Gasteiger partial charge in [-0.25, -0.2) is 9.97 Å². The number of fused-ring (bicyclic) bond motifs is 1. The van der Waals surface area contributed by atoms with E-state index in [4.69, 9.17) is 9.84 Å². The molecule has 0 aliphatic carbocycles. The number of carboxylic acid groups (broad SMARTS) is 1. The van der Waals surface area contributed by atoms with E-state index in [0.29, 0.717) is 19.2 Å². The number of aromatic nitrogens is 2. The van der Waals surface area contributed by atoms with E-state index in [9.17, 15) is 4.79 Å². The Morgan fingerprint density at radius 2 is 2.29 bits per heavy atom. The molecule has 0 aromatic carbocycles. The summed E-state index contributed by atoms with van der Waals surface area (Å²) in [6.07, 6.45) is 0.757. The second-order valence-electron chi connectivity index (χ2n) is 4.09. The highest BCUT2D eigenvalue weighted by molar-refractivity contribution is 5.72. The van der Waals surface area contributed by atoms with E-state index in [1.807, 2.05) is 6.92 Å². The summed E-state index contributed by atoms with van der Waals surface area (Å²) in [6.45, 7) is 3.00. The van der Waals surface area contributed by atoms with Crippen molar-refractivity contribution in [1.29, 1.82) is 0 Å². The van der Waals surface area contributed by atoms with Crippen LogP contribution in [0.2, 0.25) is 0 Å². The molecule has 0 fully saturated rings. The number of hydrogen-bond acceptors (Lipinski definition) is 5. The Balaban J connectivity index is 2.30. The summed E-state index contributed by atoms with van der Waals surface area (Å²) < 4.78 is 5.35. The zero-order valence-corrected chi connectivity index (χ0v) is 9.93. The van der Waals surface area contributed by atoms with Crippen LogP contribution in [0.25, 0.3) is 0 Å². The lowest BCUT2D eigenvalue weighted by atomic mass is 10.1. The molecule has 0 bridgehead atoms. The second-order valence-corrected chi connectivity index (χ2v) is 4.09. The Morgan fingerprint density at radius 1 is 1.53 bits per heavy atom. The summed E-state index contributed by atoms with van der Waals surface area (Å²) in [5.41, 5.74) is 2.86. The summed E-state index contributed by atoms with van der Waals surface area (Å²) in [5.74, 6) is -0.430. The molecule has 2 rings (SSSR count). The predicted molar refractivity (Wildman–Crippen MR) is 61.0 cm³/mol. The van der Waals surface area contributed by atoms with Crippen LogP contribution in [0.4, 0.5) is 5.95 Å². The first kappa shape index (κ1) is 11.8. The zero-order valence-electron chi connectivity index (χ0n) is 9.93. The summed E-state index contributed by atoms with van der Waals surface area (Å²) >= 11 is 0. The van der Waals surface area contributed by atoms with Crippen molar-refractivity contribution in [3.63, 3.8) is 0 Å². The number of aryl methyl sites for hydroxylation is 1. The second kappa shape index (κ2) is 4.67. The van der Waals surface area contributed by atoms with E-state index < -0.39 is 5.97 Å². The van der Waals surface area contributed by atoms with Crippen molar-refractivity contribution in [2.24, 2.45) is 0 Å². The maximum Gasteiger partial charge on any atom is 0.323 e. The average molecular weight is 237 g/mol.